The molecule has 0 saturated carbocycles. The van der Waals surface area contributed by atoms with Crippen LogP contribution in [-0.2, 0) is 37.9 Å². The van der Waals surface area contributed by atoms with Crippen LogP contribution >= 0.6 is 11.3 Å². The first-order valence-electron chi connectivity index (χ1n) is 34.3. The topological polar surface area (TPSA) is 9.72 Å². The van der Waals surface area contributed by atoms with Gasteiger partial charge in [0.2, 0.25) is 0 Å². The molecular weight excluding hydrogens is 1140 g/mol. The molecule has 93 heavy (non-hydrogen) atoms. The highest BCUT2D eigenvalue weighted by molar-refractivity contribution is 7.26. The SMILES string of the molecule is Cc1cc2c(cc1N1c3cc(-c4cccc5sc6ccccc6c45)ccc3C3c4cc5c(cc4N(c4ccc(C(C)(C)C)cc4-c4ccccc4)c4cc(N(c6ccc(C(C)(C)C)cc6)c6ccc(C(C)(C)C)cc6)cc1c43)C(C)(C)CCC5(C)C)C(C)(C)CC2(C)C. The molecule has 4 aliphatic rings. The van der Waals surface area contributed by atoms with E-state index >= 15 is 0 Å². The van der Waals surface area contributed by atoms with Gasteiger partial charge in [0.25, 0.3) is 0 Å². The van der Waals surface area contributed by atoms with Crippen molar-refractivity contribution in [3.05, 3.63) is 255 Å². The Labute approximate surface area is 559 Å². The number of anilines is 9. The van der Waals surface area contributed by atoms with Crippen molar-refractivity contribution in [3.8, 4) is 22.3 Å². The second-order valence-corrected chi connectivity index (χ2v) is 34.8. The minimum Gasteiger partial charge on any atom is -0.310 e. The second-order valence-electron chi connectivity index (χ2n) is 33.7. The summed E-state index contributed by atoms with van der Waals surface area (Å²) in [5, 5.41) is 2.64. The largest absolute Gasteiger partial charge is 0.310 e. The van der Waals surface area contributed by atoms with Crippen LogP contribution in [0.2, 0.25) is 0 Å². The van der Waals surface area contributed by atoms with Crippen molar-refractivity contribution < 1.29 is 0 Å². The third-order valence-corrected chi connectivity index (χ3v) is 23.2. The molecule has 1 unspecified atom stereocenters. The van der Waals surface area contributed by atoms with Crippen LogP contribution in [0.4, 0.5) is 51.2 Å². The number of nitrogens with zero attached hydrogens (tertiary/aromatic N) is 3. The molecular formula is C89H93N3S. The van der Waals surface area contributed by atoms with Crippen LogP contribution in [-0.4, -0.2) is 0 Å². The lowest BCUT2D eigenvalue weighted by molar-refractivity contribution is 0.331. The first kappa shape index (κ1) is 61.0. The normalized spacial score (nSPS) is 17.4. The van der Waals surface area contributed by atoms with E-state index in [2.05, 4.69) is 333 Å². The summed E-state index contributed by atoms with van der Waals surface area (Å²) in [4.78, 5) is 8.05. The molecule has 0 N–H and O–H groups in total. The Kier molecular flexibility index (Phi) is 13.7. The van der Waals surface area contributed by atoms with Crippen LogP contribution in [0.1, 0.15) is 204 Å². The minimum atomic E-state index is -0.121. The highest BCUT2D eigenvalue weighted by Gasteiger charge is 2.48. The van der Waals surface area contributed by atoms with Gasteiger partial charge in [0.05, 0.1) is 34.1 Å². The third-order valence-electron chi connectivity index (χ3n) is 22.1. The summed E-state index contributed by atoms with van der Waals surface area (Å²) in [6.45, 7) is 43.3. The molecule has 4 heteroatoms. The lowest BCUT2D eigenvalue weighted by Crippen LogP contribution is -2.36. The Bertz CT molecular complexity index is 4780. The van der Waals surface area contributed by atoms with Crippen LogP contribution in [0, 0.1) is 6.92 Å². The molecule has 2 aliphatic heterocycles. The van der Waals surface area contributed by atoms with Crippen molar-refractivity contribution in [1.82, 2.24) is 0 Å². The summed E-state index contributed by atoms with van der Waals surface area (Å²) in [6, 6.07) is 76.9. The average Bonchev–Trinajstić information content (AvgIpc) is 1.06. The van der Waals surface area contributed by atoms with Crippen molar-refractivity contribution in [2.45, 2.75) is 188 Å². The Morgan fingerprint density at radius 2 is 0.903 bits per heavy atom. The lowest BCUT2D eigenvalue weighted by Gasteiger charge is -2.49. The van der Waals surface area contributed by atoms with Crippen molar-refractivity contribution in [1.29, 1.82) is 0 Å². The first-order chi connectivity index (χ1) is 43.9. The third kappa shape index (κ3) is 9.92. The van der Waals surface area contributed by atoms with E-state index in [4.69, 9.17) is 0 Å². The van der Waals surface area contributed by atoms with E-state index < -0.39 is 0 Å². The zero-order chi connectivity index (χ0) is 65.4. The smallest absolute Gasteiger partial charge is 0.0545 e. The summed E-state index contributed by atoms with van der Waals surface area (Å²) in [6.07, 6.45) is 3.33. The van der Waals surface area contributed by atoms with Gasteiger partial charge in [-0.25, -0.2) is 0 Å². The van der Waals surface area contributed by atoms with E-state index in [0.29, 0.717) is 0 Å². The molecule has 1 aromatic heterocycles. The number of hydrogen-bond donors (Lipinski definition) is 0. The fourth-order valence-corrected chi connectivity index (χ4v) is 18.1. The van der Waals surface area contributed by atoms with E-state index in [-0.39, 0.29) is 43.8 Å². The van der Waals surface area contributed by atoms with Crippen LogP contribution in [0.3, 0.4) is 0 Å². The molecule has 0 radical (unpaired) electrons. The molecule has 2 aliphatic carbocycles. The molecule has 3 heterocycles. The second kappa shape index (κ2) is 20.9. The van der Waals surface area contributed by atoms with E-state index in [9.17, 15) is 0 Å². The highest BCUT2D eigenvalue weighted by atomic mass is 32.1. The number of fused-ring (bicyclic) bond motifs is 9. The predicted molar refractivity (Wildman–Crippen MR) is 402 cm³/mol. The summed E-state index contributed by atoms with van der Waals surface area (Å²) in [7, 11) is 0. The summed E-state index contributed by atoms with van der Waals surface area (Å²) in [5.41, 5.74) is 30.4. The van der Waals surface area contributed by atoms with Crippen LogP contribution in [0.5, 0.6) is 0 Å². The minimum absolute atomic E-state index is 0.0229. The van der Waals surface area contributed by atoms with Crippen molar-refractivity contribution >= 4 is 82.7 Å². The molecule has 3 nitrogen and oxygen atoms in total. The Hall–Kier alpha value is -8.18. The lowest BCUT2D eigenvalue weighted by atomic mass is 9.61. The average molecular weight is 1240 g/mol. The molecule has 10 aromatic carbocycles. The van der Waals surface area contributed by atoms with Gasteiger partial charge in [0, 0.05) is 54.3 Å². The van der Waals surface area contributed by atoms with E-state index in [1.807, 2.05) is 11.3 Å². The zero-order valence-electron chi connectivity index (χ0n) is 58.4. The molecule has 0 saturated heterocycles. The number of thiophene rings is 1. The van der Waals surface area contributed by atoms with Gasteiger partial charge in [0.15, 0.2) is 0 Å². The molecule has 15 rings (SSSR count). The fraction of sp³-hybridized carbons (Fsp3) is 0.326. The monoisotopic (exact) mass is 1240 g/mol. The maximum absolute atomic E-state index is 2.75. The molecule has 0 bridgehead atoms. The quantitative estimate of drug-likeness (QED) is 0.157. The van der Waals surface area contributed by atoms with Gasteiger partial charge < -0.3 is 14.7 Å². The molecule has 0 amide bonds. The van der Waals surface area contributed by atoms with Gasteiger partial charge in [-0.05, 0) is 215 Å². The molecule has 1 atom stereocenters. The summed E-state index contributed by atoms with van der Waals surface area (Å²) in [5.74, 6) is -0.121. The zero-order valence-corrected chi connectivity index (χ0v) is 59.2. The van der Waals surface area contributed by atoms with Crippen LogP contribution in [0.15, 0.2) is 194 Å². The Morgan fingerprint density at radius 1 is 0.387 bits per heavy atom. The van der Waals surface area contributed by atoms with Crippen LogP contribution < -0.4 is 14.7 Å². The van der Waals surface area contributed by atoms with E-state index in [1.165, 1.54) is 138 Å². The van der Waals surface area contributed by atoms with Gasteiger partial charge in [-0.3, -0.25) is 0 Å². The van der Waals surface area contributed by atoms with Crippen molar-refractivity contribution in [2.24, 2.45) is 0 Å². The van der Waals surface area contributed by atoms with Crippen molar-refractivity contribution in [3.63, 3.8) is 0 Å². The van der Waals surface area contributed by atoms with Crippen LogP contribution in [0.25, 0.3) is 42.4 Å². The van der Waals surface area contributed by atoms with E-state index in [1.54, 1.807) is 0 Å². The highest BCUT2D eigenvalue weighted by Crippen LogP contribution is 2.66. The number of rotatable bonds is 7. The Balaban J connectivity index is 1.12. The molecule has 0 fully saturated rings. The van der Waals surface area contributed by atoms with Crippen molar-refractivity contribution in [2.75, 3.05) is 14.7 Å². The van der Waals surface area contributed by atoms with E-state index in [0.717, 1.165) is 36.3 Å². The molecule has 0 spiro atoms. The van der Waals surface area contributed by atoms with Gasteiger partial charge in [0.1, 0.15) is 0 Å². The number of benzene rings is 10. The maximum Gasteiger partial charge on any atom is 0.0545 e. The number of aryl methyl sites for hydroxylation is 1. The van der Waals surface area contributed by atoms with Gasteiger partial charge in [-0.2, -0.15) is 0 Å². The van der Waals surface area contributed by atoms with Gasteiger partial charge >= 0.3 is 0 Å². The summed E-state index contributed by atoms with van der Waals surface area (Å²) >= 11 is 1.90. The Morgan fingerprint density at radius 3 is 1.52 bits per heavy atom. The predicted octanol–water partition coefficient (Wildman–Crippen LogP) is 26.1. The molecule has 11 aromatic rings. The summed E-state index contributed by atoms with van der Waals surface area (Å²) < 4.78 is 2.63. The standard InChI is InChI=1S/C89H93N3S/c1-54-45-68-71(89(17,18)53-88(68,15)16)51-73(54)92-74-46-56(63-28-24-30-79-80(63)65-27-22-23-29-78(65)93-79)31-41-64(74)81-67-50-69-70(87(13,14)44-43-86(69,11)12)52-75(67)91(72-42-36-59(85(8,9)10)47-66(72)55-25-20-19-21-26-55)76-48-62(49-77(92)82(76)81)90(60-37-32-57(33-38-60)83(2,3)4)61-39-34-58(35-40-61)84(5,6)7/h19-42,45-52,81H,43-44,53H2,1-18H3. The maximum atomic E-state index is 2.75. The first-order valence-corrected chi connectivity index (χ1v) is 35.1. The molecule has 470 valence electrons. The number of hydrogen-bond acceptors (Lipinski definition) is 4. The fourth-order valence-electron chi connectivity index (χ4n) is 16.9. The van der Waals surface area contributed by atoms with Gasteiger partial charge in [-0.15, -0.1) is 11.3 Å². The van der Waals surface area contributed by atoms with Gasteiger partial charge in [-0.1, -0.05) is 233 Å².